The third-order valence-electron chi connectivity index (χ3n) is 5.81. The van der Waals surface area contributed by atoms with E-state index in [0.717, 1.165) is 47.9 Å². The van der Waals surface area contributed by atoms with Crippen LogP contribution in [0.15, 0.2) is 48.5 Å². The topological polar surface area (TPSA) is 49.4 Å². The van der Waals surface area contributed by atoms with Crippen molar-refractivity contribution in [3.05, 3.63) is 70.8 Å². The van der Waals surface area contributed by atoms with Crippen molar-refractivity contribution < 1.29 is 9.59 Å². The Bertz CT molecular complexity index is 842. The number of carbonyl (C=O) groups is 2. The average molecular weight is 427 g/mol. The number of carbonyl (C=O) groups excluding carboxylic acids is 2. The molecule has 0 saturated heterocycles. The van der Waals surface area contributed by atoms with E-state index >= 15 is 0 Å². The lowest BCUT2D eigenvalue weighted by molar-refractivity contribution is -0.140. The predicted molar refractivity (Wildman–Crippen MR) is 121 cm³/mol. The molecule has 3 rings (SSSR count). The van der Waals surface area contributed by atoms with Crippen molar-refractivity contribution in [3.63, 3.8) is 0 Å². The summed E-state index contributed by atoms with van der Waals surface area (Å²) in [6, 6.07) is 15.3. The molecule has 1 aliphatic carbocycles. The van der Waals surface area contributed by atoms with Gasteiger partial charge in [-0.25, -0.2) is 0 Å². The Hall–Kier alpha value is -2.33. The first kappa shape index (κ1) is 22.4. The standard InChI is InChI=1S/C25H31ClN2O2/c1-18-8-12-20(13-9-18)17-28(23(29)16-26)24(21-14-10-19(2)11-15-21)25(30)27-22-6-4-3-5-7-22/h8-15,22,24H,3-7,16-17H2,1-2H3,(H,27,30)/t24-/m1/s1. The number of benzene rings is 2. The minimum atomic E-state index is -0.708. The third kappa shape index (κ3) is 5.85. The van der Waals surface area contributed by atoms with Crippen LogP contribution in [0.2, 0.25) is 0 Å². The second kappa shape index (κ2) is 10.6. The van der Waals surface area contributed by atoms with Crippen molar-refractivity contribution in [2.24, 2.45) is 0 Å². The molecule has 2 aromatic carbocycles. The highest BCUT2D eigenvalue weighted by atomic mass is 35.5. The van der Waals surface area contributed by atoms with E-state index in [9.17, 15) is 9.59 Å². The zero-order chi connectivity index (χ0) is 21.5. The first-order valence-electron chi connectivity index (χ1n) is 10.8. The predicted octanol–water partition coefficient (Wildman–Crippen LogP) is 5.06. The molecule has 2 aromatic rings. The molecule has 1 fully saturated rings. The van der Waals surface area contributed by atoms with Crippen LogP contribution in [0, 0.1) is 13.8 Å². The van der Waals surface area contributed by atoms with Crippen molar-refractivity contribution in [2.45, 2.75) is 64.6 Å². The highest BCUT2D eigenvalue weighted by Gasteiger charge is 2.32. The van der Waals surface area contributed by atoms with Gasteiger partial charge in [-0.2, -0.15) is 0 Å². The van der Waals surface area contributed by atoms with Crippen LogP contribution in [-0.4, -0.2) is 28.6 Å². The number of hydrogen-bond donors (Lipinski definition) is 1. The van der Waals surface area contributed by atoms with E-state index in [2.05, 4.69) is 5.32 Å². The molecule has 0 unspecified atom stereocenters. The Kier molecular flexibility index (Phi) is 7.92. The fraction of sp³-hybridized carbons (Fsp3) is 0.440. The Labute approximate surface area is 184 Å². The molecular formula is C25H31ClN2O2. The first-order valence-corrected chi connectivity index (χ1v) is 11.3. The van der Waals surface area contributed by atoms with Crippen molar-refractivity contribution in [1.29, 1.82) is 0 Å². The van der Waals surface area contributed by atoms with E-state index in [4.69, 9.17) is 11.6 Å². The molecule has 1 atom stereocenters. The lowest BCUT2D eigenvalue weighted by Crippen LogP contribution is -2.47. The molecule has 2 amide bonds. The summed E-state index contributed by atoms with van der Waals surface area (Å²) >= 11 is 5.97. The molecule has 0 radical (unpaired) electrons. The van der Waals surface area contributed by atoms with Crippen molar-refractivity contribution in [1.82, 2.24) is 10.2 Å². The van der Waals surface area contributed by atoms with Gasteiger partial charge >= 0.3 is 0 Å². The van der Waals surface area contributed by atoms with Gasteiger partial charge in [0.05, 0.1) is 0 Å². The quantitative estimate of drug-likeness (QED) is 0.629. The number of rotatable bonds is 7. The van der Waals surface area contributed by atoms with Crippen LogP contribution in [0.5, 0.6) is 0 Å². The van der Waals surface area contributed by atoms with Gasteiger partial charge in [-0.3, -0.25) is 9.59 Å². The molecule has 4 nitrogen and oxygen atoms in total. The molecule has 0 bridgehead atoms. The molecule has 30 heavy (non-hydrogen) atoms. The number of halogens is 1. The van der Waals surface area contributed by atoms with E-state index in [1.54, 1.807) is 4.90 Å². The maximum Gasteiger partial charge on any atom is 0.247 e. The van der Waals surface area contributed by atoms with Gasteiger partial charge in [0.1, 0.15) is 11.9 Å². The maximum atomic E-state index is 13.5. The zero-order valence-corrected chi connectivity index (χ0v) is 18.6. The minimum Gasteiger partial charge on any atom is -0.351 e. The minimum absolute atomic E-state index is 0.128. The molecule has 160 valence electrons. The van der Waals surface area contributed by atoms with Crippen LogP contribution in [-0.2, 0) is 16.1 Å². The van der Waals surface area contributed by atoms with Crippen molar-refractivity contribution >= 4 is 23.4 Å². The van der Waals surface area contributed by atoms with Gasteiger partial charge in [-0.15, -0.1) is 11.6 Å². The summed E-state index contributed by atoms with van der Waals surface area (Å²) in [7, 11) is 0. The Morgan fingerprint density at radius 1 is 0.967 bits per heavy atom. The number of alkyl halides is 1. The Balaban J connectivity index is 1.92. The fourth-order valence-electron chi connectivity index (χ4n) is 4.04. The summed E-state index contributed by atoms with van der Waals surface area (Å²) in [6.45, 7) is 4.37. The van der Waals surface area contributed by atoms with Gasteiger partial charge in [0, 0.05) is 12.6 Å². The number of nitrogens with zero attached hydrogens (tertiary/aromatic N) is 1. The SMILES string of the molecule is Cc1ccc(CN(C(=O)CCl)[C@@H](C(=O)NC2CCCCC2)c2ccc(C)cc2)cc1. The Morgan fingerprint density at radius 2 is 1.53 bits per heavy atom. The van der Waals surface area contributed by atoms with Crippen molar-refractivity contribution in [2.75, 3.05) is 5.88 Å². The van der Waals surface area contributed by atoms with Crippen LogP contribution in [0.25, 0.3) is 0 Å². The van der Waals surface area contributed by atoms with Crippen LogP contribution in [0.3, 0.4) is 0 Å². The molecule has 0 aliphatic heterocycles. The largest absolute Gasteiger partial charge is 0.351 e. The maximum absolute atomic E-state index is 13.5. The van der Waals surface area contributed by atoms with Gasteiger partial charge in [-0.05, 0) is 37.8 Å². The number of amides is 2. The summed E-state index contributed by atoms with van der Waals surface area (Å²) in [5.74, 6) is -0.539. The average Bonchev–Trinajstić information content (AvgIpc) is 2.76. The summed E-state index contributed by atoms with van der Waals surface area (Å²) < 4.78 is 0. The van der Waals surface area contributed by atoms with Crippen LogP contribution in [0.4, 0.5) is 0 Å². The first-order chi connectivity index (χ1) is 14.5. The molecule has 0 heterocycles. The van der Waals surface area contributed by atoms with E-state index in [1.165, 1.54) is 6.42 Å². The highest BCUT2D eigenvalue weighted by molar-refractivity contribution is 6.27. The molecule has 1 N–H and O–H groups in total. The molecule has 0 spiro atoms. The summed E-state index contributed by atoms with van der Waals surface area (Å²) in [4.78, 5) is 27.9. The van der Waals surface area contributed by atoms with E-state index in [-0.39, 0.29) is 23.7 Å². The van der Waals surface area contributed by atoms with Gasteiger partial charge in [-0.1, -0.05) is 78.9 Å². The molecular weight excluding hydrogens is 396 g/mol. The smallest absolute Gasteiger partial charge is 0.247 e. The Morgan fingerprint density at radius 3 is 2.10 bits per heavy atom. The summed E-state index contributed by atoms with van der Waals surface area (Å²) in [6.07, 6.45) is 5.47. The molecule has 1 aliphatic rings. The van der Waals surface area contributed by atoms with E-state index in [0.29, 0.717) is 6.54 Å². The fourth-order valence-corrected chi connectivity index (χ4v) is 4.19. The van der Waals surface area contributed by atoms with Gasteiger partial charge in [0.2, 0.25) is 11.8 Å². The van der Waals surface area contributed by atoms with Gasteiger partial charge < -0.3 is 10.2 Å². The lowest BCUT2D eigenvalue weighted by Gasteiger charge is -2.33. The van der Waals surface area contributed by atoms with E-state index in [1.807, 2.05) is 62.4 Å². The highest BCUT2D eigenvalue weighted by Crippen LogP contribution is 2.26. The van der Waals surface area contributed by atoms with E-state index < -0.39 is 6.04 Å². The lowest BCUT2D eigenvalue weighted by atomic mass is 9.94. The van der Waals surface area contributed by atoms with Crippen LogP contribution in [0.1, 0.15) is 60.4 Å². The molecule has 5 heteroatoms. The number of nitrogens with one attached hydrogen (secondary N) is 1. The number of hydrogen-bond acceptors (Lipinski definition) is 2. The second-order valence-corrected chi connectivity index (χ2v) is 8.56. The summed E-state index contributed by atoms with van der Waals surface area (Å²) in [5, 5.41) is 3.21. The van der Waals surface area contributed by atoms with Crippen molar-refractivity contribution in [3.8, 4) is 0 Å². The molecule has 1 saturated carbocycles. The zero-order valence-electron chi connectivity index (χ0n) is 17.9. The van der Waals surface area contributed by atoms with Gasteiger partial charge in [0.15, 0.2) is 0 Å². The molecule has 0 aromatic heterocycles. The number of aryl methyl sites for hydroxylation is 2. The second-order valence-electron chi connectivity index (χ2n) is 8.30. The van der Waals surface area contributed by atoms with Crippen LogP contribution < -0.4 is 5.32 Å². The third-order valence-corrected chi connectivity index (χ3v) is 6.04. The monoisotopic (exact) mass is 426 g/mol. The van der Waals surface area contributed by atoms with Crippen LogP contribution >= 0.6 is 11.6 Å². The summed E-state index contributed by atoms with van der Waals surface area (Å²) in [5.41, 5.74) is 4.04. The van der Waals surface area contributed by atoms with Gasteiger partial charge in [0.25, 0.3) is 0 Å². The normalized spacial score (nSPS) is 15.4.